The van der Waals surface area contributed by atoms with E-state index in [-0.39, 0.29) is 16.8 Å². The van der Waals surface area contributed by atoms with Crippen molar-refractivity contribution in [1.82, 2.24) is 14.5 Å². The van der Waals surface area contributed by atoms with Crippen molar-refractivity contribution >= 4 is 15.9 Å². The van der Waals surface area contributed by atoms with Crippen molar-refractivity contribution in [2.75, 3.05) is 33.7 Å². The van der Waals surface area contributed by atoms with Crippen molar-refractivity contribution < 1.29 is 17.6 Å². The number of rotatable bonds is 9. The van der Waals surface area contributed by atoms with Crippen LogP contribution in [0.1, 0.15) is 36.0 Å². The van der Waals surface area contributed by atoms with E-state index in [9.17, 15) is 13.2 Å². The lowest BCUT2D eigenvalue weighted by molar-refractivity contribution is 0.0939. The zero-order chi connectivity index (χ0) is 20.0. The number of carbonyl (C=O) groups is 1. The van der Waals surface area contributed by atoms with Crippen molar-refractivity contribution in [3.05, 3.63) is 54.0 Å². The van der Waals surface area contributed by atoms with E-state index in [1.807, 2.05) is 25.1 Å². The first-order valence-corrected chi connectivity index (χ1v) is 10.3. The Morgan fingerprint density at radius 3 is 2.41 bits per heavy atom. The predicted octanol–water partition coefficient (Wildman–Crippen LogP) is 2.34. The number of hydrogen-bond donors (Lipinski definition) is 1. The lowest BCUT2D eigenvalue weighted by Gasteiger charge is -2.22. The van der Waals surface area contributed by atoms with E-state index in [4.69, 9.17) is 4.42 Å². The van der Waals surface area contributed by atoms with Crippen LogP contribution in [-0.4, -0.2) is 57.3 Å². The molecule has 1 N–H and O–H groups in total. The van der Waals surface area contributed by atoms with Gasteiger partial charge in [0.15, 0.2) is 0 Å². The van der Waals surface area contributed by atoms with E-state index in [0.717, 1.165) is 5.76 Å². The lowest BCUT2D eigenvalue weighted by Crippen LogP contribution is -2.34. The van der Waals surface area contributed by atoms with Crippen LogP contribution in [0.2, 0.25) is 0 Å². The van der Waals surface area contributed by atoms with Gasteiger partial charge < -0.3 is 9.73 Å². The quantitative estimate of drug-likeness (QED) is 0.707. The zero-order valence-electron chi connectivity index (χ0n) is 16.2. The van der Waals surface area contributed by atoms with Gasteiger partial charge in [0, 0.05) is 25.2 Å². The number of carbonyl (C=O) groups excluding carboxylic acids is 1. The minimum Gasteiger partial charge on any atom is -0.468 e. The van der Waals surface area contributed by atoms with Gasteiger partial charge in [-0.15, -0.1) is 0 Å². The first-order valence-electron chi connectivity index (χ1n) is 8.89. The van der Waals surface area contributed by atoms with Crippen LogP contribution in [0, 0.1) is 0 Å². The fourth-order valence-corrected chi connectivity index (χ4v) is 4.32. The molecule has 0 aliphatic carbocycles. The summed E-state index contributed by atoms with van der Waals surface area (Å²) in [4.78, 5) is 14.6. The highest BCUT2D eigenvalue weighted by atomic mass is 32.2. The molecule has 148 valence electrons. The maximum absolute atomic E-state index is 12.7. The summed E-state index contributed by atoms with van der Waals surface area (Å²) in [6.07, 6.45) is 1.59. The molecular formula is C19H27N3O4S. The van der Waals surface area contributed by atoms with Gasteiger partial charge in [-0.2, -0.15) is 4.31 Å². The molecule has 0 bridgehead atoms. The van der Waals surface area contributed by atoms with E-state index in [0.29, 0.717) is 25.2 Å². The Morgan fingerprint density at radius 1 is 1.15 bits per heavy atom. The lowest BCUT2D eigenvalue weighted by atomic mass is 10.2. The number of amides is 1. The summed E-state index contributed by atoms with van der Waals surface area (Å²) in [5.74, 6) is 0.420. The first kappa shape index (κ1) is 21.1. The normalized spacial score (nSPS) is 13.1. The van der Waals surface area contributed by atoms with Crippen LogP contribution in [0.15, 0.2) is 52.0 Å². The SMILES string of the molecule is CCN(CC)S(=O)(=O)c1cccc(C(=O)NC[C@@H](c2ccco2)N(C)C)c1. The molecule has 2 rings (SSSR count). The molecule has 0 saturated carbocycles. The molecular weight excluding hydrogens is 366 g/mol. The minimum absolute atomic E-state index is 0.119. The van der Waals surface area contributed by atoms with Crippen LogP contribution < -0.4 is 5.32 Å². The molecule has 1 heterocycles. The van der Waals surface area contributed by atoms with Crippen LogP contribution in [0.4, 0.5) is 0 Å². The second-order valence-electron chi connectivity index (χ2n) is 6.32. The Kier molecular flexibility index (Phi) is 7.18. The zero-order valence-corrected chi connectivity index (χ0v) is 17.0. The first-order chi connectivity index (χ1) is 12.8. The number of benzene rings is 1. The monoisotopic (exact) mass is 393 g/mol. The summed E-state index contributed by atoms with van der Waals surface area (Å²) < 4.78 is 32.1. The summed E-state index contributed by atoms with van der Waals surface area (Å²) in [5.41, 5.74) is 0.306. The third-order valence-electron chi connectivity index (χ3n) is 4.39. The highest BCUT2D eigenvalue weighted by Gasteiger charge is 2.23. The Morgan fingerprint density at radius 2 is 1.85 bits per heavy atom. The molecule has 0 saturated heterocycles. The third kappa shape index (κ3) is 4.97. The molecule has 2 aromatic rings. The van der Waals surface area contributed by atoms with Crippen LogP contribution in [0.25, 0.3) is 0 Å². The average Bonchev–Trinajstić information content (AvgIpc) is 3.16. The largest absolute Gasteiger partial charge is 0.468 e. The van der Waals surface area contributed by atoms with Gasteiger partial charge in [0.1, 0.15) is 5.76 Å². The average molecular weight is 394 g/mol. The number of sulfonamides is 1. The molecule has 7 nitrogen and oxygen atoms in total. The summed E-state index contributed by atoms with van der Waals surface area (Å²) in [7, 11) is 0.192. The van der Waals surface area contributed by atoms with Crippen molar-refractivity contribution in [3.8, 4) is 0 Å². The van der Waals surface area contributed by atoms with Gasteiger partial charge in [-0.05, 0) is 44.4 Å². The highest BCUT2D eigenvalue weighted by Crippen LogP contribution is 2.19. The fourth-order valence-electron chi connectivity index (χ4n) is 2.82. The second kappa shape index (κ2) is 9.16. The van der Waals surface area contributed by atoms with Gasteiger partial charge in [0.05, 0.1) is 17.2 Å². The molecule has 0 radical (unpaired) electrons. The summed E-state index contributed by atoms with van der Waals surface area (Å²) in [6.45, 7) is 4.67. The second-order valence-corrected chi connectivity index (χ2v) is 8.26. The van der Waals surface area contributed by atoms with E-state index in [1.54, 1.807) is 38.3 Å². The molecule has 1 aromatic heterocycles. The number of hydrogen-bond acceptors (Lipinski definition) is 5. The van der Waals surface area contributed by atoms with Crippen molar-refractivity contribution in [2.24, 2.45) is 0 Å². The van der Waals surface area contributed by atoms with E-state index in [1.165, 1.54) is 16.4 Å². The molecule has 8 heteroatoms. The number of nitrogens with zero attached hydrogens (tertiary/aromatic N) is 2. The van der Waals surface area contributed by atoms with Gasteiger partial charge in [0.25, 0.3) is 5.91 Å². The maximum Gasteiger partial charge on any atom is 0.251 e. The van der Waals surface area contributed by atoms with Gasteiger partial charge in [-0.3, -0.25) is 9.69 Å². The molecule has 0 fully saturated rings. The van der Waals surface area contributed by atoms with Crippen molar-refractivity contribution in [1.29, 1.82) is 0 Å². The molecule has 1 amide bonds. The molecule has 1 atom stereocenters. The van der Waals surface area contributed by atoms with Crippen LogP contribution in [0.3, 0.4) is 0 Å². The summed E-state index contributed by atoms with van der Waals surface area (Å²) in [6, 6.07) is 9.65. The predicted molar refractivity (Wildman–Crippen MR) is 104 cm³/mol. The van der Waals surface area contributed by atoms with Crippen molar-refractivity contribution in [3.63, 3.8) is 0 Å². The summed E-state index contributed by atoms with van der Waals surface area (Å²) in [5, 5.41) is 2.86. The Hall–Kier alpha value is -2.16. The molecule has 0 aliphatic rings. The number of likely N-dealkylation sites (N-methyl/N-ethyl adjacent to an activating group) is 1. The van der Waals surface area contributed by atoms with E-state index in [2.05, 4.69) is 5.32 Å². The third-order valence-corrected chi connectivity index (χ3v) is 6.44. The van der Waals surface area contributed by atoms with Crippen LogP contribution >= 0.6 is 0 Å². The fraction of sp³-hybridized carbons (Fsp3) is 0.421. The Labute approximate surface area is 161 Å². The molecule has 0 unspecified atom stereocenters. The molecule has 0 spiro atoms. The molecule has 0 aliphatic heterocycles. The number of nitrogens with one attached hydrogen (secondary N) is 1. The topological polar surface area (TPSA) is 82.9 Å². The van der Waals surface area contributed by atoms with Gasteiger partial charge in [-0.25, -0.2) is 8.42 Å². The van der Waals surface area contributed by atoms with Gasteiger partial charge in [0.2, 0.25) is 10.0 Å². The summed E-state index contributed by atoms with van der Waals surface area (Å²) >= 11 is 0. The van der Waals surface area contributed by atoms with E-state index >= 15 is 0 Å². The standard InChI is InChI=1S/C19H27N3O4S/c1-5-22(6-2)27(24,25)16-10-7-9-15(13-16)19(23)20-14-17(21(3)4)18-11-8-12-26-18/h7-13,17H,5-6,14H2,1-4H3,(H,20,23)/t17-/m0/s1. The minimum atomic E-state index is -3.61. The van der Waals surface area contributed by atoms with Crippen LogP contribution in [0.5, 0.6) is 0 Å². The van der Waals surface area contributed by atoms with Gasteiger partial charge in [-0.1, -0.05) is 19.9 Å². The van der Waals surface area contributed by atoms with Crippen LogP contribution in [-0.2, 0) is 10.0 Å². The number of furan rings is 1. The Bertz CT molecular complexity index is 844. The Balaban J connectivity index is 2.15. The molecule has 27 heavy (non-hydrogen) atoms. The van der Waals surface area contributed by atoms with Crippen molar-refractivity contribution in [2.45, 2.75) is 24.8 Å². The highest BCUT2D eigenvalue weighted by molar-refractivity contribution is 7.89. The maximum atomic E-state index is 12.7. The van der Waals surface area contributed by atoms with Gasteiger partial charge >= 0.3 is 0 Å². The smallest absolute Gasteiger partial charge is 0.251 e. The molecule has 1 aromatic carbocycles. The van der Waals surface area contributed by atoms with E-state index < -0.39 is 10.0 Å².